The standard InChI is InChI=1S/C14H22N2O/c1-2-5-11(6-3-1)14-16-13(10-17-14)12-7-4-8-15-9-12/h10-12,15H,1-9H2. The van der Waals surface area contributed by atoms with Crippen molar-refractivity contribution in [1.29, 1.82) is 0 Å². The van der Waals surface area contributed by atoms with E-state index in [2.05, 4.69) is 5.32 Å². The lowest BCUT2D eigenvalue weighted by molar-refractivity contribution is 0.363. The van der Waals surface area contributed by atoms with Crippen LogP contribution in [0.15, 0.2) is 10.7 Å². The molecule has 17 heavy (non-hydrogen) atoms. The summed E-state index contributed by atoms with van der Waals surface area (Å²) in [6.45, 7) is 2.22. The normalized spacial score (nSPS) is 27.2. The van der Waals surface area contributed by atoms with Crippen molar-refractivity contribution in [2.24, 2.45) is 0 Å². The number of nitrogens with zero attached hydrogens (tertiary/aromatic N) is 1. The van der Waals surface area contributed by atoms with Crippen LogP contribution in [0.2, 0.25) is 0 Å². The molecule has 3 nitrogen and oxygen atoms in total. The zero-order valence-electron chi connectivity index (χ0n) is 10.5. The van der Waals surface area contributed by atoms with Gasteiger partial charge in [0.05, 0.1) is 5.69 Å². The van der Waals surface area contributed by atoms with Gasteiger partial charge in [0, 0.05) is 18.4 Å². The van der Waals surface area contributed by atoms with Crippen molar-refractivity contribution in [3.05, 3.63) is 17.8 Å². The molecule has 2 heterocycles. The molecule has 1 aromatic heterocycles. The van der Waals surface area contributed by atoms with E-state index in [1.165, 1.54) is 50.6 Å². The van der Waals surface area contributed by atoms with Crippen LogP contribution in [0.4, 0.5) is 0 Å². The maximum atomic E-state index is 5.72. The summed E-state index contributed by atoms with van der Waals surface area (Å²) >= 11 is 0. The van der Waals surface area contributed by atoms with Crippen molar-refractivity contribution in [2.45, 2.75) is 56.8 Å². The first-order valence-electron chi connectivity index (χ1n) is 7.09. The lowest BCUT2D eigenvalue weighted by Gasteiger charge is -2.20. The first-order chi connectivity index (χ1) is 8.43. The SMILES string of the molecule is c1oc(C2CCCCC2)nc1C1CCCNC1. The van der Waals surface area contributed by atoms with Crippen LogP contribution >= 0.6 is 0 Å². The Bertz CT molecular complexity index is 316. The Labute approximate surface area is 103 Å². The average Bonchev–Trinajstić information content (AvgIpc) is 2.90. The summed E-state index contributed by atoms with van der Waals surface area (Å²) in [5, 5.41) is 3.44. The van der Waals surface area contributed by atoms with E-state index in [1.54, 1.807) is 0 Å². The van der Waals surface area contributed by atoms with Crippen LogP contribution < -0.4 is 5.32 Å². The second-order valence-corrected chi connectivity index (χ2v) is 5.49. The molecule has 3 heteroatoms. The van der Waals surface area contributed by atoms with Gasteiger partial charge in [-0.1, -0.05) is 19.3 Å². The minimum absolute atomic E-state index is 0.574. The first kappa shape index (κ1) is 11.3. The van der Waals surface area contributed by atoms with Crippen LogP contribution in [0.3, 0.4) is 0 Å². The lowest BCUT2D eigenvalue weighted by atomic mass is 9.89. The van der Waals surface area contributed by atoms with E-state index in [1.807, 2.05) is 6.26 Å². The van der Waals surface area contributed by atoms with Gasteiger partial charge in [-0.3, -0.25) is 0 Å². The Morgan fingerprint density at radius 3 is 2.65 bits per heavy atom. The van der Waals surface area contributed by atoms with E-state index in [0.29, 0.717) is 11.8 Å². The number of aromatic nitrogens is 1. The first-order valence-corrected chi connectivity index (χ1v) is 7.09. The van der Waals surface area contributed by atoms with Crippen molar-refractivity contribution in [2.75, 3.05) is 13.1 Å². The van der Waals surface area contributed by atoms with E-state index >= 15 is 0 Å². The number of nitrogens with one attached hydrogen (secondary N) is 1. The van der Waals surface area contributed by atoms with Crippen LogP contribution in [-0.4, -0.2) is 18.1 Å². The van der Waals surface area contributed by atoms with Gasteiger partial charge in [-0.15, -0.1) is 0 Å². The van der Waals surface area contributed by atoms with Gasteiger partial charge in [0.1, 0.15) is 6.26 Å². The van der Waals surface area contributed by atoms with Crippen LogP contribution in [0.1, 0.15) is 68.4 Å². The average molecular weight is 234 g/mol. The molecule has 1 saturated heterocycles. The highest BCUT2D eigenvalue weighted by molar-refractivity contribution is 5.08. The summed E-state index contributed by atoms with van der Waals surface area (Å²) in [7, 11) is 0. The zero-order valence-corrected chi connectivity index (χ0v) is 10.5. The Morgan fingerprint density at radius 1 is 1.06 bits per heavy atom. The van der Waals surface area contributed by atoms with Gasteiger partial charge >= 0.3 is 0 Å². The molecule has 0 radical (unpaired) electrons. The molecule has 0 spiro atoms. The topological polar surface area (TPSA) is 38.1 Å². The van der Waals surface area contributed by atoms with E-state index in [4.69, 9.17) is 9.40 Å². The van der Waals surface area contributed by atoms with Gasteiger partial charge in [-0.2, -0.15) is 0 Å². The maximum absolute atomic E-state index is 5.72. The Balaban J connectivity index is 1.68. The monoisotopic (exact) mass is 234 g/mol. The van der Waals surface area contributed by atoms with E-state index in [9.17, 15) is 0 Å². The molecule has 0 amide bonds. The van der Waals surface area contributed by atoms with Gasteiger partial charge in [0.15, 0.2) is 5.89 Å². The quantitative estimate of drug-likeness (QED) is 0.854. The third kappa shape index (κ3) is 2.54. The lowest BCUT2D eigenvalue weighted by Crippen LogP contribution is -2.28. The van der Waals surface area contributed by atoms with Crippen LogP contribution in [-0.2, 0) is 0 Å². The van der Waals surface area contributed by atoms with Gasteiger partial charge in [0.2, 0.25) is 0 Å². The minimum Gasteiger partial charge on any atom is -0.448 e. The second kappa shape index (κ2) is 5.21. The molecular formula is C14H22N2O. The van der Waals surface area contributed by atoms with E-state index < -0.39 is 0 Å². The van der Waals surface area contributed by atoms with Gasteiger partial charge in [0.25, 0.3) is 0 Å². The molecule has 1 unspecified atom stereocenters. The van der Waals surface area contributed by atoms with Gasteiger partial charge in [-0.05, 0) is 32.2 Å². The van der Waals surface area contributed by atoms with Crippen LogP contribution in [0.25, 0.3) is 0 Å². The van der Waals surface area contributed by atoms with Gasteiger partial charge in [-0.25, -0.2) is 4.98 Å². The molecule has 1 aromatic rings. The number of hydrogen-bond donors (Lipinski definition) is 1. The summed E-state index contributed by atoms with van der Waals surface area (Å²) in [6, 6.07) is 0. The third-order valence-corrected chi connectivity index (χ3v) is 4.21. The molecule has 94 valence electrons. The molecular weight excluding hydrogens is 212 g/mol. The molecule has 2 fully saturated rings. The van der Waals surface area contributed by atoms with Crippen molar-refractivity contribution in [3.63, 3.8) is 0 Å². The number of rotatable bonds is 2. The molecule has 1 aliphatic carbocycles. The third-order valence-electron chi connectivity index (χ3n) is 4.21. The fraction of sp³-hybridized carbons (Fsp3) is 0.786. The minimum atomic E-state index is 0.574. The van der Waals surface area contributed by atoms with Crippen LogP contribution in [0.5, 0.6) is 0 Å². The van der Waals surface area contributed by atoms with Crippen molar-refractivity contribution in [3.8, 4) is 0 Å². The Morgan fingerprint density at radius 2 is 1.88 bits per heavy atom. The summed E-state index contributed by atoms with van der Waals surface area (Å²) in [5.74, 6) is 2.17. The molecule has 3 rings (SSSR count). The second-order valence-electron chi connectivity index (χ2n) is 5.49. The summed E-state index contributed by atoms with van der Waals surface area (Å²) < 4.78 is 5.72. The molecule has 1 aliphatic heterocycles. The Hall–Kier alpha value is -0.830. The molecule has 1 N–H and O–H groups in total. The largest absolute Gasteiger partial charge is 0.448 e. The fourth-order valence-electron chi connectivity index (χ4n) is 3.13. The molecule has 1 atom stereocenters. The predicted molar refractivity (Wildman–Crippen MR) is 67.2 cm³/mol. The zero-order chi connectivity index (χ0) is 11.5. The number of piperidine rings is 1. The highest BCUT2D eigenvalue weighted by Crippen LogP contribution is 2.33. The van der Waals surface area contributed by atoms with Gasteiger partial charge < -0.3 is 9.73 Å². The smallest absolute Gasteiger partial charge is 0.197 e. The summed E-state index contributed by atoms with van der Waals surface area (Å²) in [6.07, 6.45) is 11.0. The highest BCUT2D eigenvalue weighted by Gasteiger charge is 2.23. The van der Waals surface area contributed by atoms with Crippen molar-refractivity contribution >= 4 is 0 Å². The predicted octanol–water partition coefficient (Wildman–Crippen LogP) is 3.19. The molecule has 1 saturated carbocycles. The number of oxazole rings is 1. The summed E-state index contributed by atoms with van der Waals surface area (Å²) in [5.41, 5.74) is 1.18. The highest BCUT2D eigenvalue weighted by atomic mass is 16.3. The molecule has 0 aromatic carbocycles. The van der Waals surface area contributed by atoms with Crippen molar-refractivity contribution in [1.82, 2.24) is 10.3 Å². The van der Waals surface area contributed by atoms with E-state index in [-0.39, 0.29) is 0 Å². The van der Waals surface area contributed by atoms with Crippen molar-refractivity contribution < 1.29 is 4.42 Å². The van der Waals surface area contributed by atoms with E-state index in [0.717, 1.165) is 19.0 Å². The maximum Gasteiger partial charge on any atom is 0.197 e. The van der Waals surface area contributed by atoms with Crippen LogP contribution in [0, 0.1) is 0 Å². The fourth-order valence-corrected chi connectivity index (χ4v) is 3.13. The number of hydrogen-bond acceptors (Lipinski definition) is 3. The molecule has 2 aliphatic rings. The molecule has 0 bridgehead atoms. The summed E-state index contributed by atoms with van der Waals surface area (Å²) in [4.78, 5) is 4.75. The Kier molecular flexibility index (Phi) is 3.46.